The fourth-order valence-electron chi connectivity index (χ4n) is 3.25. The van der Waals surface area contributed by atoms with Crippen molar-refractivity contribution in [2.45, 2.75) is 11.3 Å². The summed E-state index contributed by atoms with van der Waals surface area (Å²) >= 11 is 1.40. The van der Waals surface area contributed by atoms with Crippen molar-refractivity contribution in [3.63, 3.8) is 0 Å². The quantitative estimate of drug-likeness (QED) is 0.580. The van der Waals surface area contributed by atoms with E-state index in [1.165, 1.54) is 11.3 Å². The molecule has 11 heteroatoms. The lowest BCUT2D eigenvalue weighted by molar-refractivity contribution is -0.131. The number of nitrogens with zero attached hydrogens (tertiary/aromatic N) is 4. The normalized spacial score (nSPS) is 15.2. The summed E-state index contributed by atoms with van der Waals surface area (Å²) in [5.74, 6) is -2.01. The van der Waals surface area contributed by atoms with Gasteiger partial charge < -0.3 is 4.90 Å². The Morgan fingerprint density at radius 1 is 1.10 bits per heavy atom. The van der Waals surface area contributed by atoms with E-state index in [4.69, 9.17) is 0 Å². The van der Waals surface area contributed by atoms with Gasteiger partial charge in [-0.3, -0.25) is 9.78 Å². The molecular formula is C20H18F2N4O3S2. The molecule has 2 aromatic heterocycles. The monoisotopic (exact) mass is 464 g/mol. The number of hydrogen-bond donors (Lipinski definition) is 0. The van der Waals surface area contributed by atoms with Gasteiger partial charge in [-0.2, -0.15) is 4.31 Å². The van der Waals surface area contributed by atoms with Gasteiger partial charge in [-0.1, -0.05) is 6.07 Å². The Morgan fingerprint density at radius 2 is 1.87 bits per heavy atom. The summed E-state index contributed by atoms with van der Waals surface area (Å²) in [4.78, 5) is 22.2. The number of pyridine rings is 1. The first kappa shape index (κ1) is 21.5. The van der Waals surface area contributed by atoms with Gasteiger partial charge in [-0.05, 0) is 30.3 Å². The second-order valence-corrected chi connectivity index (χ2v) is 9.66. The van der Waals surface area contributed by atoms with E-state index in [0.29, 0.717) is 11.8 Å². The number of sulfonamides is 1. The molecule has 1 aliphatic heterocycles. The third kappa shape index (κ3) is 4.63. The van der Waals surface area contributed by atoms with Gasteiger partial charge in [0.25, 0.3) is 0 Å². The third-order valence-corrected chi connectivity index (χ3v) is 7.70. The van der Waals surface area contributed by atoms with Crippen LogP contribution in [0.3, 0.4) is 0 Å². The first-order valence-corrected chi connectivity index (χ1v) is 11.8. The molecule has 0 saturated carbocycles. The minimum absolute atomic E-state index is 0.000275. The number of piperazine rings is 1. The Labute approximate surface area is 182 Å². The van der Waals surface area contributed by atoms with E-state index in [9.17, 15) is 22.0 Å². The number of carbonyl (C=O) groups excluding carboxylic acids is 1. The summed E-state index contributed by atoms with van der Waals surface area (Å²) in [6.07, 6.45) is 1.76. The molecule has 0 N–H and O–H groups in total. The molecule has 0 spiro atoms. The Balaban J connectivity index is 1.38. The fraction of sp³-hybridized carbons (Fsp3) is 0.250. The maximum Gasteiger partial charge on any atom is 0.246 e. The van der Waals surface area contributed by atoms with E-state index < -0.39 is 26.6 Å². The number of carbonyl (C=O) groups is 1. The average Bonchev–Trinajstić information content (AvgIpc) is 3.24. The van der Waals surface area contributed by atoms with Crippen LogP contribution in [0.5, 0.6) is 0 Å². The van der Waals surface area contributed by atoms with Crippen LogP contribution in [0.15, 0.2) is 52.9 Å². The number of benzene rings is 1. The largest absolute Gasteiger partial charge is 0.340 e. The Hall–Kier alpha value is -2.76. The lowest BCUT2D eigenvalue weighted by atomic mass is 10.2. The van der Waals surface area contributed by atoms with Gasteiger partial charge in [0, 0.05) is 37.8 Å². The molecule has 0 atom stereocenters. The highest BCUT2D eigenvalue weighted by Gasteiger charge is 2.32. The molecule has 0 aliphatic carbocycles. The van der Waals surface area contributed by atoms with Crippen LogP contribution in [0.25, 0.3) is 10.7 Å². The van der Waals surface area contributed by atoms with E-state index in [2.05, 4.69) is 9.97 Å². The number of hydrogen-bond acceptors (Lipinski definition) is 6. The number of aromatic nitrogens is 2. The molecule has 31 heavy (non-hydrogen) atoms. The van der Waals surface area contributed by atoms with Gasteiger partial charge in [0.2, 0.25) is 15.9 Å². The third-order valence-electron chi connectivity index (χ3n) is 4.87. The van der Waals surface area contributed by atoms with Crippen LogP contribution in [-0.4, -0.2) is 59.7 Å². The zero-order valence-corrected chi connectivity index (χ0v) is 17.9. The van der Waals surface area contributed by atoms with Crippen LogP contribution in [0.2, 0.25) is 0 Å². The van der Waals surface area contributed by atoms with Gasteiger partial charge in [-0.15, -0.1) is 11.3 Å². The molecule has 1 saturated heterocycles. The van der Waals surface area contributed by atoms with E-state index in [0.717, 1.165) is 27.1 Å². The average molecular weight is 465 g/mol. The number of halogens is 2. The highest BCUT2D eigenvalue weighted by Crippen LogP contribution is 2.23. The van der Waals surface area contributed by atoms with Crippen molar-refractivity contribution in [1.82, 2.24) is 19.2 Å². The Kier molecular flexibility index (Phi) is 6.08. The van der Waals surface area contributed by atoms with Gasteiger partial charge in [0.1, 0.15) is 21.5 Å². The standard InChI is InChI=1S/C20H18F2N4O3S2/c21-14-4-5-16(22)18(11-14)31(28,29)26-9-7-25(8-10-26)19(27)12-15-13-30-20(24-15)17-3-1-2-6-23-17/h1-6,11,13H,7-10,12H2. The van der Waals surface area contributed by atoms with Gasteiger partial charge >= 0.3 is 0 Å². The molecular weight excluding hydrogens is 446 g/mol. The molecule has 3 heterocycles. The van der Waals surface area contributed by atoms with Crippen LogP contribution in [0.4, 0.5) is 8.78 Å². The van der Waals surface area contributed by atoms with Crippen molar-refractivity contribution >= 4 is 27.3 Å². The first-order chi connectivity index (χ1) is 14.8. The van der Waals surface area contributed by atoms with Crippen molar-refractivity contribution in [3.05, 3.63) is 65.3 Å². The van der Waals surface area contributed by atoms with Crippen LogP contribution in [-0.2, 0) is 21.2 Å². The maximum absolute atomic E-state index is 13.9. The molecule has 0 unspecified atom stereocenters. The van der Waals surface area contributed by atoms with Crippen LogP contribution in [0.1, 0.15) is 5.69 Å². The number of amides is 1. The van der Waals surface area contributed by atoms with Crippen molar-refractivity contribution in [2.75, 3.05) is 26.2 Å². The van der Waals surface area contributed by atoms with Gasteiger partial charge in [-0.25, -0.2) is 22.2 Å². The predicted molar refractivity (Wildman–Crippen MR) is 111 cm³/mol. The second-order valence-electron chi connectivity index (χ2n) is 6.90. The summed E-state index contributed by atoms with van der Waals surface area (Å²) in [5, 5.41) is 2.52. The highest BCUT2D eigenvalue weighted by molar-refractivity contribution is 7.89. The summed E-state index contributed by atoms with van der Waals surface area (Å²) in [5.41, 5.74) is 1.35. The topological polar surface area (TPSA) is 83.5 Å². The minimum atomic E-state index is -4.19. The molecule has 4 rings (SSSR count). The van der Waals surface area contributed by atoms with Crippen LogP contribution < -0.4 is 0 Å². The molecule has 1 amide bonds. The van der Waals surface area contributed by atoms with Crippen LogP contribution in [0, 0.1) is 11.6 Å². The zero-order chi connectivity index (χ0) is 22.0. The molecule has 0 radical (unpaired) electrons. The molecule has 3 aromatic rings. The molecule has 7 nitrogen and oxygen atoms in total. The highest BCUT2D eigenvalue weighted by atomic mass is 32.2. The van der Waals surface area contributed by atoms with Gasteiger partial charge in [0.15, 0.2) is 0 Å². The summed E-state index contributed by atoms with van der Waals surface area (Å²) in [6, 6.07) is 7.83. The summed E-state index contributed by atoms with van der Waals surface area (Å²) < 4.78 is 53.8. The number of rotatable bonds is 5. The van der Waals surface area contributed by atoms with Crippen molar-refractivity contribution in [2.24, 2.45) is 0 Å². The lowest BCUT2D eigenvalue weighted by Gasteiger charge is -2.34. The summed E-state index contributed by atoms with van der Waals surface area (Å²) in [6.45, 7) is 0.318. The fourth-order valence-corrected chi connectivity index (χ4v) is 5.55. The predicted octanol–water partition coefficient (Wildman–Crippen LogP) is 2.56. The minimum Gasteiger partial charge on any atom is -0.340 e. The molecule has 1 fully saturated rings. The molecule has 1 aromatic carbocycles. The number of thiazole rings is 1. The lowest BCUT2D eigenvalue weighted by Crippen LogP contribution is -2.51. The van der Waals surface area contributed by atoms with Crippen molar-refractivity contribution in [1.29, 1.82) is 0 Å². The first-order valence-electron chi connectivity index (χ1n) is 9.43. The Morgan fingerprint density at radius 3 is 2.58 bits per heavy atom. The zero-order valence-electron chi connectivity index (χ0n) is 16.2. The van der Waals surface area contributed by atoms with Crippen molar-refractivity contribution in [3.8, 4) is 10.7 Å². The van der Waals surface area contributed by atoms with Gasteiger partial charge in [0.05, 0.1) is 17.8 Å². The van der Waals surface area contributed by atoms with E-state index in [1.807, 2.05) is 18.2 Å². The smallest absolute Gasteiger partial charge is 0.246 e. The van der Waals surface area contributed by atoms with E-state index in [-0.39, 0.29) is 38.5 Å². The van der Waals surface area contributed by atoms with E-state index >= 15 is 0 Å². The second kappa shape index (κ2) is 8.77. The summed E-state index contributed by atoms with van der Waals surface area (Å²) in [7, 11) is -4.19. The molecule has 0 bridgehead atoms. The van der Waals surface area contributed by atoms with E-state index in [1.54, 1.807) is 16.5 Å². The maximum atomic E-state index is 13.9. The van der Waals surface area contributed by atoms with Crippen LogP contribution >= 0.6 is 11.3 Å². The Bertz CT molecular complexity index is 1190. The SMILES string of the molecule is O=C(Cc1csc(-c2ccccn2)n1)N1CCN(S(=O)(=O)c2cc(F)ccc2F)CC1. The molecule has 1 aliphatic rings. The molecule has 162 valence electrons. The van der Waals surface area contributed by atoms with Crippen molar-refractivity contribution < 1.29 is 22.0 Å².